The predicted molar refractivity (Wildman–Crippen MR) is 111 cm³/mol. The fraction of sp³-hybridized carbons (Fsp3) is 0.364. The van der Waals surface area contributed by atoms with E-state index < -0.39 is 0 Å². The van der Waals surface area contributed by atoms with E-state index in [-0.39, 0.29) is 30.9 Å². The molecule has 6 nitrogen and oxygen atoms in total. The number of nitrogens with zero attached hydrogens (tertiary/aromatic N) is 1. The van der Waals surface area contributed by atoms with Gasteiger partial charge in [0, 0.05) is 31.2 Å². The zero-order valence-corrected chi connectivity index (χ0v) is 16.4. The van der Waals surface area contributed by atoms with Crippen molar-refractivity contribution in [2.45, 2.75) is 26.3 Å². The topological polar surface area (TPSA) is 70.7 Å². The Bertz CT molecular complexity index is 808. The molecule has 2 aromatic carbocycles. The van der Waals surface area contributed by atoms with Gasteiger partial charge in [-0.25, -0.2) is 0 Å². The Morgan fingerprint density at radius 2 is 1.82 bits per heavy atom. The van der Waals surface area contributed by atoms with Gasteiger partial charge in [-0.1, -0.05) is 44.2 Å². The third-order valence-corrected chi connectivity index (χ3v) is 4.82. The Labute approximate surface area is 165 Å². The molecule has 0 aromatic heterocycles. The fourth-order valence-corrected chi connectivity index (χ4v) is 3.13. The first kappa shape index (κ1) is 19.7. The second-order valence-corrected chi connectivity index (χ2v) is 7.22. The number of fused-ring (bicyclic) bond motifs is 1. The van der Waals surface area contributed by atoms with E-state index in [1.807, 2.05) is 54.6 Å². The molecular weight excluding hydrogens is 354 g/mol. The number of rotatable bonds is 8. The monoisotopic (exact) mass is 381 g/mol. The number of para-hydroxylation sites is 3. The van der Waals surface area contributed by atoms with Crippen LogP contribution in [-0.2, 0) is 9.59 Å². The summed E-state index contributed by atoms with van der Waals surface area (Å²) in [5, 5.41) is 6.46. The number of anilines is 2. The van der Waals surface area contributed by atoms with Crippen LogP contribution in [0.2, 0.25) is 0 Å². The summed E-state index contributed by atoms with van der Waals surface area (Å²) in [6.07, 6.45) is 0.246. The number of nitrogens with one attached hydrogen (secondary N) is 2. The van der Waals surface area contributed by atoms with Gasteiger partial charge in [-0.2, -0.15) is 0 Å². The van der Waals surface area contributed by atoms with E-state index >= 15 is 0 Å². The number of ether oxygens (including phenoxy) is 1. The largest absolute Gasteiger partial charge is 0.482 e. The summed E-state index contributed by atoms with van der Waals surface area (Å²) >= 11 is 0. The molecule has 1 heterocycles. The highest BCUT2D eigenvalue weighted by Crippen LogP contribution is 2.31. The van der Waals surface area contributed by atoms with E-state index in [0.29, 0.717) is 24.8 Å². The van der Waals surface area contributed by atoms with Gasteiger partial charge in [-0.15, -0.1) is 0 Å². The Hall–Kier alpha value is -3.02. The molecule has 1 atom stereocenters. The van der Waals surface area contributed by atoms with E-state index in [9.17, 15) is 9.59 Å². The molecule has 2 N–H and O–H groups in total. The van der Waals surface area contributed by atoms with Crippen LogP contribution < -0.4 is 20.3 Å². The van der Waals surface area contributed by atoms with E-state index in [0.717, 1.165) is 11.4 Å². The maximum Gasteiger partial charge on any atom is 0.265 e. The molecule has 2 aromatic rings. The summed E-state index contributed by atoms with van der Waals surface area (Å²) in [4.78, 5) is 26.2. The van der Waals surface area contributed by atoms with Crippen LogP contribution in [0.25, 0.3) is 0 Å². The van der Waals surface area contributed by atoms with Gasteiger partial charge in [-0.3, -0.25) is 9.59 Å². The zero-order valence-electron chi connectivity index (χ0n) is 16.4. The first-order valence-electron chi connectivity index (χ1n) is 9.65. The van der Waals surface area contributed by atoms with E-state index in [4.69, 9.17) is 4.74 Å². The van der Waals surface area contributed by atoms with Crippen LogP contribution in [0.15, 0.2) is 54.6 Å². The van der Waals surface area contributed by atoms with E-state index in [2.05, 4.69) is 24.5 Å². The molecule has 0 bridgehead atoms. The highest BCUT2D eigenvalue weighted by atomic mass is 16.5. The van der Waals surface area contributed by atoms with Gasteiger partial charge < -0.3 is 20.3 Å². The van der Waals surface area contributed by atoms with E-state index in [1.165, 1.54) is 0 Å². The number of hydrogen-bond acceptors (Lipinski definition) is 4. The van der Waals surface area contributed by atoms with Gasteiger partial charge in [-0.05, 0) is 30.2 Å². The number of hydrogen-bond donors (Lipinski definition) is 2. The summed E-state index contributed by atoms with van der Waals surface area (Å²) < 4.78 is 5.43. The minimum absolute atomic E-state index is 0.00898. The van der Waals surface area contributed by atoms with Crippen molar-refractivity contribution < 1.29 is 14.3 Å². The van der Waals surface area contributed by atoms with Crippen molar-refractivity contribution in [3.8, 4) is 5.75 Å². The number of benzene rings is 2. The Morgan fingerprint density at radius 3 is 2.57 bits per heavy atom. The Balaban J connectivity index is 1.52. The van der Waals surface area contributed by atoms with Gasteiger partial charge in [0.1, 0.15) is 5.75 Å². The molecule has 6 heteroatoms. The molecule has 1 aliphatic heterocycles. The lowest BCUT2D eigenvalue weighted by Gasteiger charge is -2.29. The third kappa shape index (κ3) is 5.03. The fourth-order valence-electron chi connectivity index (χ4n) is 3.13. The van der Waals surface area contributed by atoms with Gasteiger partial charge in [0.2, 0.25) is 5.91 Å². The summed E-state index contributed by atoms with van der Waals surface area (Å²) in [5.74, 6) is 0.831. The van der Waals surface area contributed by atoms with Crippen LogP contribution in [0, 0.1) is 5.92 Å². The molecule has 0 aliphatic carbocycles. The van der Waals surface area contributed by atoms with Gasteiger partial charge in [0.15, 0.2) is 6.61 Å². The van der Waals surface area contributed by atoms with Crippen LogP contribution in [-0.4, -0.2) is 37.6 Å². The lowest BCUT2D eigenvalue weighted by molar-refractivity contribution is -0.122. The molecule has 1 unspecified atom stereocenters. The standard InChI is InChI=1S/C22H27N3O3/c1-16(2)18(24-17-8-4-3-5-9-17)14-23-21(26)12-13-25-19-10-6-7-11-20(19)28-15-22(25)27/h3-11,16,18,24H,12-15H2,1-2H3,(H,23,26). The normalized spacial score (nSPS) is 14.2. The number of amides is 2. The smallest absolute Gasteiger partial charge is 0.265 e. The molecule has 3 rings (SSSR count). The first-order chi connectivity index (χ1) is 13.5. The Kier molecular flexibility index (Phi) is 6.53. The number of carbonyl (C=O) groups is 2. The first-order valence-corrected chi connectivity index (χ1v) is 9.65. The summed E-state index contributed by atoms with van der Waals surface area (Å²) in [7, 11) is 0. The molecular formula is C22H27N3O3. The molecule has 28 heavy (non-hydrogen) atoms. The molecule has 0 fully saturated rings. The van der Waals surface area contributed by atoms with Crippen molar-refractivity contribution in [3.05, 3.63) is 54.6 Å². The third-order valence-electron chi connectivity index (χ3n) is 4.82. The van der Waals surface area contributed by atoms with Crippen molar-refractivity contribution in [1.82, 2.24) is 5.32 Å². The van der Waals surface area contributed by atoms with Crippen LogP contribution >= 0.6 is 0 Å². The summed E-state index contributed by atoms with van der Waals surface area (Å²) in [6, 6.07) is 17.5. The van der Waals surface area contributed by atoms with Crippen molar-refractivity contribution in [2.24, 2.45) is 5.92 Å². The zero-order chi connectivity index (χ0) is 19.9. The molecule has 0 radical (unpaired) electrons. The molecule has 0 saturated heterocycles. The van der Waals surface area contributed by atoms with E-state index in [1.54, 1.807) is 4.90 Å². The average Bonchev–Trinajstić information content (AvgIpc) is 2.71. The van der Waals surface area contributed by atoms with Crippen molar-refractivity contribution >= 4 is 23.2 Å². The van der Waals surface area contributed by atoms with Crippen LogP contribution in [0.4, 0.5) is 11.4 Å². The summed E-state index contributed by atoms with van der Waals surface area (Å²) in [6.45, 7) is 5.11. The minimum atomic E-state index is -0.127. The molecule has 2 amide bonds. The number of carbonyl (C=O) groups excluding carboxylic acids is 2. The van der Waals surface area contributed by atoms with Crippen molar-refractivity contribution in [3.63, 3.8) is 0 Å². The average molecular weight is 381 g/mol. The highest BCUT2D eigenvalue weighted by molar-refractivity contribution is 5.98. The SMILES string of the molecule is CC(C)C(CNC(=O)CCN1C(=O)COc2ccccc21)Nc1ccccc1. The van der Waals surface area contributed by atoms with Crippen LogP contribution in [0.3, 0.4) is 0 Å². The Morgan fingerprint density at radius 1 is 1.11 bits per heavy atom. The van der Waals surface area contributed by atoms with Gasteiger partial charge in [0.05, 0.1) is 5.69 Å². The highest BCUT2D eigenvalue weighted by Gasteiger charge is 2.25. The van der Waals surface area contributed by atoms with Crippen LogP contribution in [0.5, 0.6) is 5.75 Å². The molecule has 0 spiro atoms. The summed E-state index contributed by atoms with van der Waals surface area (Å²) in [5.41, 5.74) is 1.75. The lowest BCUT2D eigenvalue weighted by Crippen LogP contribution is -2.43. The molecule has 1 aliphatic rings. The van der Waals surface area contributed by atoms with Gasteiger partial charge in [0.25, 0.3) is 5.91 Å². The quantitative estimate of drug-likeness (QED) is 0.737. The lowest BCUT2D eigenvalue weighted by atomic mass is 10.0. The maximum atomic E-state index is 12.4. The molecule has 0 saturated carbocycles. The van der Waals surface area contributed by atoms with Crippen molar-refractivity contribution in [1.29, 1.82) is 0 Å². The van der Waals surface area contributed by atoms with Crippen molar-refractivity contribution in [2.75, 3.05) is 29.9 Å². The maximum absolute atomic E-state index is 12.4. The van der Waals surface area contributed by atoms with Gasteiger partial charge >= 0.3 is 0 Å². The second kappa shape index (κ2) is 9.26. The van der Waals surface area contributed by atoms with Crippen LogP contribution in [0.1, 0.15) is 20.3 Å². The predicted octanol–water partition coefficient (Wildman–Crippen LogP) is 3.06. The molecule has 148 valence electrons. The second-order valence-electron chi connectivity index (χ2n) is 7.22. The minimum Gasteiger partial charge on any atom is -0.482 e.